The minimum atomic E-state index is -0.0774. The van der Waals surface area contributed by atoms with Crippen molar-refractivity contribution in [2.45, 2.75) is 18.1 Å². The monoisotopic (exact) mass is 429 g/mol. The molecule has 0 aliphatic rings. The van der Waals surface area contributed by atoms with E-state index in [1.54, 1.807) is 6.26 Å². The molecule has 3 aromatic heterocycles. The molecule has 0 aliphatic heterocycles. The second kappa shape index (κ2) is 8.23. The molecular formula is C23H19N5O2S. The molecule has 31 heavy (non-hydrogen) atoms. The van der Waals surface area contributed by atoms with Crippen molar-refractivity contribution in [2.75, 3.05) is 5.75 Å². The lowest BCUT2D eigenvalue weighted by Gasteiger charge is -2.14. The maximum atomic E-state index is 12.6. The van der Waals surface area contributed by atoms with Gasteiger partial charge in [-0.3, -0.25) is 9.20 Å². The fourth-order valence-corrected chi connectivity index (χ4v) is 4.21. The number of amides is 1. The van der Waals surface area contributed by atoms with Crippen LogP contribution in [0.2, 0.25) is 0 Å². The molecule has 3 heterocycles. The molecule has 2 aromatic carbocycles. The number of rotatable bonds is 6. The molecule has 0 radical (unpaired) electrons. The van der Waals surface area contributed by atoms with Crippen LogP contribution in [0.1, 0.15) is 18.5 Å². The van der Waals surface area contributed by atoms with Crippen molar-refractivity contribution in [3.63, 3.8) is 0 Å². The minimum Gasteiger partial charge on any atom is -0.461 e. The predicted octanol–water partition coefficient (Wildman–Crippen LogP) is 4.51. The molecule has 0 saturated carbocycles. The first-order valence-electron chi connectivity index (χ1n) is 9.85. The number of furan rings is 1. The molecule has 0 fully saturated rings. The lowest BCUT2D eigenvalue weighted by molar-refractivity contribution is -0.119. The zero-order valence-corrected chi connectivity index (χ0v) is 17.5. The molecule has 0 bridgehead atoms. The molecule has 0 unspecified atom stereocenters. The van der Waals surface area contributed by atoms with Crippen LogP contribution < -0.4 is 5.32 Å². The van der Waals surface area contributed by atoms with Crippen LogP contribution in [0.25, 0.3) is 28.1 Å². The minimum absolute atomic E-state index is 0.0752. The van der Waals surface area contributed by atoms with E-state index >= 15 is 0 Å². The summed E-state index contributed by atoms with van der Waals surface area (Å²) in [5.41, 5.74) is 2.54. The molecule has 5 aromatic rings. The Morgan fingerprint density at radius 1 is 1.06 bits per heavy atom. The van der Waals surface area contributed by atoms with E-state index in [2.05, 4.69) is 15.5 Å². The highest BCUT2D eigenvalue weighted by Crippen LogP contribution is 2.29. The van der Waals surface area contributed by atoms with E-state index < -0.39 is 0 Å². The van der Waals surface area contributed by atoms with Gasteiger partial charge in [0.2, 0.25) is 5.91 Å². The van der Waals surface area contributed by atoms with E-state index in [1.165, 1.54) is 11.8 Å². The van der Waals surface area contributed by atoms with Crippen molar-refractivity contribution in [3.8, 4) is 11.6 Å². The lowest BCUT2D eigenvalue weighted by atomic mass is 10.1. The highest BCUT2D eigenvalue weighted by molar-refractivity contribution is 7.99. The van der Waals surface area contributed by atoms with E-state index in [0.29, 0.717) is 22.4 Å². The van der Waals surface area contributed by atoms with Crippen LogP contribution in [0.4, 0.5) is 0 Å². The first kappa shape index (κ1) is 19.3. The largest absolute Gasteiger partial charge is 0.461 e. The van der Waals surface area contributed by atoms with Crippen LogP contribution in [0, 0.1) is 0 Å². The maximum absolute atomic E-state index is 12.6. The fraction of sp³-hybridized carbons (Fsp3) is 0.130. The highest BCUT2D eigenvalue weighted by atomic mass is 32.2. The summed E-state index contributed by atoms with van der Waals surface area (Å²) < 4.78 is 7.45. The van der Waals surface area contributed by atoms with Crippen LogP contribution in [-0.2, 0) is 4.79 Å². The van der Waals surface area contributed by atoms with E-state index in [0.717, 1.165) is 16.5 Å². The number of hydrogen-bond donors (Lipinski definition) is 1. The summed E-state index contributed by atoms with van der Waals surface area (Å²) in [4.78, 5) is 17.3. The van der Waals surface area contributed by atoms with Crippen LogP contribution in [0.15, 0.2) is 82.6 Å². The number of carbonyl (C=O) groups excluding carboxylic acids is 1. The Morgan fingerprint density at radius 3 is 2.68 bits per heavy atom. The average molecular weight is 430 g/mol. The third-order valence-electron chi connectivity index (χ3n) is 4.97. The van der Waals surface area contributed by atoms with Gasteiger partial charge in [-0.25, -0.2) is 4.98 Å². The van der Waals surface area contributed by atoms with Gasteiger partial charge in [0.05, 0.1) is 23.6 Å². The Kier molecular flexibility index (Phi) is 5.13. The predicted molar refractivity (Wildman–Crippen MR) is 120 cm³/mol. The summed E-state index contributed by atoms with van der Waals surface area (Å²) in [5.74, 6) is 1.35. The molecule has 0 aliphatic carbocycles. The number of hydrogen-bond acceptors (Lipinski definition) is 6. The number of aromatic nitrogens is 4. The van der Waals surface area contributed by atoms with Gasteiger partial charge in [-0.1, -0.05) is 54.2 Å². The smallest absolute Gasteiger partial charge is 0.230 e. The zero-order chi connectivity index (χ0) is 21.2. The third kappa shape index (κ3) is 3.77. The Labute approximate surface area is 182 Å². The molecule has 1 atom stereocenters. The van der Waals surface area contributed by atoms with Crippen molar-refractivity contribution in [3.05, 3.63) is 78.6 Å². The summed E-state index contributed by atoms with van der Waals surface area (Å²) in [6.07, 6.45) is 1.60. The SMILES string of the molecule is C[C@H](NC(=O)CSc1nnc2c3ccccc3nc(-c3ccco3)n12)c1ccccc1. The molecule has 154 valence electrons. The molecule has 1 amide bonds. The molecule has 7 nitrogen and oxygen atoms in total. The first-order chi connectivity index (χ1) is 15.2. The Bertz CT molecular complexity index is 1350. The number of para-hydroxylation sites is 1. The van der Waals surface area contributed by atoms with Crippen LogP contribution >= 0.6 is 11.8 Å². The van der Waals surface area contributed by atoms with Crippen molar-refractivity contribution in [2.24, 2.45) is 0 Å². The summed E-state index contributed by atoms with van der Waals surface area (Å²) in [7, 11) is 0. The molecule has 5 rings (SSSR count). The summed E-state index contributed by atoms with van der Waals surface area (Å²) in [6, 6.07) is 21.2. The number of carbonyl (C=O) groups is 1. The van der Waals surface area contributed by atoms with Crippen molar-refractivity contribution < 1.29 is 9.21 Å². The van der Waals surface area contributed by atoms with Gasteiger partial charge >= 0.3 is 0 Å². The van der Waals surface area contributed by atoms with E-state index in [4.69, 9.17) is 9.40 Å². The van der Waals surface area contributed by atoms with Gasteiger partial charge in [-0.15, -0.1) is 10.2 Å². The van der Waals surface area contributed by atoms with Gasteiger partial charge in [-0.2, -0.15) is 0 Å². The van der Waals surface area contributed by atoms with Crippen molar-refractivity contribution in [1.82, 2.24) is 24.9 Å². The first-order valence-corrected chi connectivity index (χ1v) is 10.8. The second-order valence-corrected chi connectivity index (χ2v) is 8.00. The Morgan fingerprint density at radius 2 is 1.87 bits per heavy atom. The van der Waals surface area contributed by atoms with Crippen LogP contribution in [0.3, 0.4) is 0 Å². The molecular weight excluding hydrogens is 410 g/mol. The highest BCUT2D eigenvalue weighted by Gasteiger charge is 2.19. The van der Waals surface area contributed by atoms with Crippen molar-refractivity contribution >= 4 is 34.2 Å². The standard InChI is InChI=1S/C23H19N5O2S/c1-15(16-8-3-2-4-9-16)24-20(29)14-31-23-27-26-21-17-10-5-6-11-18(17)25-22(28(21)23)19-12-7-13-30-19/h2-13,15H,14H2,1H3,(H,24,29)/t15-/m0/s1. The topological polar surface area (TPSA) is 85.3 Å². The molecule has 1 N–H and O–H groups in total. The summed E-state index contributed by atoms with van der Waals surface area (Å²) in [6.45, 7) is 1.97. The Balaban J connectivity index is 1.44. The van der Waals surface area contributed by atoms with Crippen LogP contribution in [0.5, 0.6) is 0 Å². The van der Waals surface area contributed by atoms with Crippen LogP contribution in [-0.4, -0.2) is 31.2 Å². The van der Waals surface area contributed by atoms with Gasteiger partial charge in [0.1, 0.15) is 0 Å². The normalized spacial score (nSPS) is 12.3. The maximum Gasteiger partial charge on any atom is 0.230 e. The van der Waals surface area contributed by atoms with Gasteiger partial charge < -0.3 is 9.73 Å². The van der Waals surface area contributed by atoms with Gasteiger partial charge in [0.15, 0.2) is 22.4 Å². The van der Waals surface area contributed by atoms with Gasteiger partial charge in [0, 0.05) is 5.39 Å². The van der Waals surface area contributed by atoms with E-state index in [-0.39, 0.29) is 17.7 Å². The second-order valence-electron chi connectivity index (χ2n) is 7.06. The number of thioether (sulfide) groups is 1. The fourth-order valence-electron chi connectivity index (χ4n) is 3.46. The number of benzene rings is 2. The molecule has 0 saturated heterocycles. The van der Waals surface area contributed by atoms with E-state index in [9.17, 15) is 4.79 Å². The lowest BCUT2D eigenvalue weighted by Crippen LogP contribution is -2.28. The molecule has 0 spiro atoms. The number of fused-ring (bicyclic) bond motifs is 3. The third-order valence-corrected chi connectivity index (χ3v) is 5.90. The van der Waals surface area contributed by atoms with Gasteiger partial charge in [0.25, 0.3) is 0 Å². The zero-order valence-electron chi connectivity index (χ0n) is 16.7. The Hall–Kier alpha value is -3.65. The average Bonchev–Trinajstić information content (AvgIpc) is 3.48. The summed E-state index contributed by atoms with van der Waals surface area (Å²) >= 11 is 1.32. The number of nitrogens with one attached hydrogen (secondary N) is 1. The number of nitrogens with zero attached hydrogens (tertiary/aromatic N) is 4. The van der Waals surface area contributed by atoms with Crippen molar-refractivity contribution in [1.29, 1.82) is 0 Å². The summed E-state index contributed by atoms with van der Waals surface area (Å²) in [5, 5.41) is 13.2. The van der Waals surface area contributed by atoms with E-state index in [1.807, 2.05) is 78.1 Å². The molecule has 8 heteroatoms. The van der Waals surface area contributed by atoms with Gasteiger partial charge in [-0.05, 0) is 36.8 Å². The quantitative estimate of drug-likeness (QED) is 0.400.